The molecule has 0 aromatic heterocycles. The van der Waals surface area contributed by atoms with E-state index in [1.54, 1.807) is 18.2 Å². The minimum Gasteiger partial charge on any atom is -0.492 e. The Kier molecular flexibility index (Phi) is 4.82. The highest BCUT2D eigenvalue weighted by Gasteiger charge is 2.11. The van der Waals surface area contributed by atoms with Gasteiger partial charge in [0.25, 0.3) is 5.91 Å². The first-order valence-electron chi connectivity index (χ1n) is 6.75. The Hall–Kier alpha value is -2.34. The van der Waals surface area contributed by atoms with Gasteiger partial charge >= 0.3 is 0 Å². The van der Waals surface area contributed by atoms with Gasteiger partial charge in [0.05, 0.1) is 17.2 Å². The summed E-state index contributed by atoms with van der Waals surface area (Å²) in [7, 11) is -3.27. The number of para-hydroxylation sites is 2. The van der Waals surface area contributed by atoms with Crippen LogP contribution in [-0.2, 0) is 9.84 Å². The minimum absolute atomic E-state index is 0.179. The topological polar surface area (TPSA) is 72.5 Å². The average Bonchev–Trinajstić information content (AvgIpc) is 2.49. The number of rotatable bonds is 5. The zero-order valence-corrected chi connectivity index (χ0v) is 13.2. The average molecular weight is 319 g/mol. The minimum atomic E-state index is -3.27. The molecule has 2 aromatic rings. The monoisotopic (exact) mass is 319 g/mol. The van der Waals surface area contributed by atoms with E-state index in [0.29, 0.717) is 23.6 Å². The van der Waals surface area contributed by atoms with Crippen LogP contribution >= 0.6 is 0 Å². The predicted octanol–water partition coefficient (Wildman–Crippen LogP) is 2.74. The lowest BCUT2D eigenvalue weighted by molar-refractivity contribution is 0.102. The number of sulfone groups is 1. The number of anilines is 1. The van der Waals surface area contributed by atoms with E-state index in [9.17, 15) is 13.2 Å². The van der Waals surface area contributed by atoms with Gasteiger partial charge in [0.1, 0.15) is 5.75 Å². The molecule has 0 aliphatic heterocycles. The third-order valence-electron chi connectivity index (χ3n) is 2.98. The van der Waals surface area contributed by atoms with E-state index in [1.807, 2.05) is 13.0 Å². The van der Waals surface area contributed by atoms with Crippen LogP contribution in [0, 0.1) is 0 Å². The number of nitrogens with one attached hydrogen (secondary N) is 1. The van der Waals surface area contributed by atoms with Crippen LogP contribution in [0.15, 0.2) is 53.4 Å². The van der Waals surface area contributed by atoms with E-state index >= 15 is 0 Å². The van der Waals surface area contributed by atoms with Crippen molar-refractivity contribution in [2.24, 2.45) is 0 Å². The second-order valence-electron chi connectivity index (χ2n) is 4.68. The van der Waals surface area contributed by atoms with Crippen LogP contribution < -0.4 is 10.1 Å². The Morgan fingerprint density at radius 1 is 1.09 bits per heavy atom. The third kappa shape index (κ3) is 3.85. The number of benzene rings is 2. The molecule has 5 nitrogen and oxygen atoms in total. The Morgan fingerprint density at radius 2 is 1.73 bits per heavy atom. The van der Waals surface area contributed by atoms with E-state index in [-0.39, 0.29) is 10.8 Å². The maximum Gasteiger partial charge on any atom is 0.255 e. The van der Waals surface area contributed by atoms with Gasteiger partial charge in [0.15, 0.2) is 9.84 Å². The van der Waals surface area contributed by atoms with Gasteiger partial charge in [-0.15, -0.1) is 0 Å². The first-order valence-corrected chi connectivity index (χ1v) is 8.64. The fourth-order valence-corrected chi connectivity index (χ4v) is 2.53. The highest BCUT2D eigenvalue weighted by molar-refractivity contribution is 7.90. The molecule has 0 spiro atoms. The van der Waals surface area contributed by atoms with Crippen LogP contribution in [0.5, 0.6) is 5.75 Å². The largest absolute Gasteiger partial charge is 0.492 e. The van der Waals surface area contributed by atoms with Gasteiger partial charge in [-0.1, -0.05) is 12.1 Å². The molecule has 0 saturated heterocycles. The van der Waals surface area contributed by atoms with Crippen LogP contribution in [0.1, 0.15) is 17.3 Å². The van der Waals surface area contributed by atoms with Gasteiger partial charge in [0.2, 0.25) is 0 Å². The number of amides is 1. The number of hydrogen-bond donors (Lipinski definition) is 1. The summed E-state index contributed by atoms with van der Waals surface area (Å²) < 4.78 is 28.3. The first-order chi connectivity index (χ1) is 10.4. The van der Waals surface area contributed by atoms with E-state index in [1.165, 1.54) is 24.3 Å². The number of ether oxygens (including phenoxy) is 1. The molecular weight excluding hydrogens is 302 g/mol. The van der Waals surface area contributed by atoms with Crippen molar-refractivity contribution in [3.63, 3.8) is 0 Å². The number of hydrogen-bond acceptors (Lipinski definition) is 4. The van der Waals surface area contributed by atoms with Gasteiger partial charge in [-0.05, 0) is 43.3 Å². The zero-order chi connectivity index (χ0) is 16.2. The van der Waals surface area contributed by atoms with Crippen molar-refractivity contribution in [2.75, 3.05) is 18.2 Å². The summed E-state index contributed by atoms with van der Waals surface area (Å²) in [4.78, 5) is 12.4. The molecule has 0 aliphatic rings. The number of carbonyl (C=O) groups is 1. The molecule has 0 atom stereocenters. The normalized spacial score (nSPS) is 11.0. The maximum atomic E-state index is 12.2. The fraction of sp³-hybridized carbons (Fsp3) is 0.188. The summed E-state index contributed by atoms with van der Waals surface area (Å²) in [5.74, 6) is 0.262. The molecular formula is C16H17NO4S. The Labute approximate surface area is 129 Å². The van der Waals surface area contributed by atoms with Gasteiger partial charge in [0, 0.05) is 11.8 Å². The van der Waals surface area contributed by atoms with Crippen molar-refractivity contribution in [1.82, 2.24) is 0 Å². The molecule has 0 fully saturated rings. The second-order valence-corrected chi connectivity index (χ2v) is 6.70. The summed E-state index contributed by atoms with van der Waals surface area (Å²) >= 11 is 0. The van der Waals surface area contributed by atoms with Gasteiger partial charge in [-0.25, -0.2) is 8.42 Å². The van der Waals surface area contributed by atoms with Crippen LogP contribution in [0.25, 0.3) is 0 Å². The molecule has 22 heavy (non-hydrogen) atoms. The predicted molar refractivity (Wildman–Crippen MR) is 85.1 cm³/mol. The van der Waals surface area contributed by atoms with Crippen LogP contribution in [0.3, 0.4) is 0 Å². The summed E-state index contributed by atoms with van der Waals surface area (Å²) in [6.07, 6.45) is 1.13. The summed E-state index contributed by atoms with van der Waals surface area (Å²) in [6.45, 7) is 2.36. The first kappa shape index (κ1) is 16.0. The van der Waals surface area contributed by atoms with E-state index in [0.717, 1.165) is 6.26 Å². The fourth-order valence-electron chi connectivity index (χ4n) is 1.90. The molecule has 0 heterocycles. The molecule has 0 saturated carbocycles. The van der Waals surface area contributed by atoms with Gasteiger partial charge in [-0.2, -0.15) is 0 Å². The molecule has 2 rings (SSSR count). The Bertz CT molecular complexity index is 767. The lowest BCUT2D eigenvalue weighted by Gasteiger charge is -2.11. The molecule has 0 unspecified atom stereocenters. The summed E-state index contributed by atoms with van der Waals surface area (Å²) in [5.41, 5.74) is 0.945. The Morgan fingerprint density at radius 3 is 2.32 bits per heavy atom. The van der Waals surface area contributed by atoms with Crippen molar-refractivity contribution in [3.05, 3.63) is 54.1 Å². The van der Waals surface area contributed by atoms with Crippen molar-refractivity contribution in [3.8, 4) is 5.75 Å². The Balaban J connectivity index is 2.19. The van der Waals surface area contributed by atoms with Crippen molar-refractivity contribution in [2.45, 2.75) is 11.8 Å². The van der Waals surface area contributed by atoms with Crippen molar-refractivity contribution < 1.29 is 17.9 Å². The highest BCUT2D eigenvalue weighted by atomic mass is 32.2. The van der Waals surface area contributed by atoms with E-state index < -0.39 is 9.84 Å². The van der Waals surface area contributed by atoms with Crippen molar-refractivity contribution in [1.29, 1.82) is 0 Å². The maximum absolute atomic E-state index is 12.2. The lowest BCUT2D eigenvalue weighted by atomic mass is 10.2. The second kappa shape index (κ2) is 6.62. The molecule has 0 aliphatic carbocycles. The lowest BCUT2D eigenvalue weighted by Crippen LogP contribution is -2.13. The molecule has 1 N–H and O–H groups in total. The van der Waals surface area contributed by atoms with Crippen LogP contribution in [0.2, 0.25) is 0 Å². The van der Waals surface area contributed by atoms with Crippen molar-refractivity contribution >= 4 is 21.4 Å². The molecule has 2 aromatic carbocycles. The summed E-state index contributed by atoms with van der Waals surface area (Å²) in [6, 6.07) is 12.9. The van der Waals surface area contributed by atoms with Crippen LogP contribution in [-0.4, -0.2) is 27.2 Å². The van der Waals surface area contributed by atoms with E-state index in [2.05, 4.69) is 5.32 Å². The van der Waals surface area contributed by atoms with Crippen LogP contribution in [0.4, 0.5) is 5.69 Å². The highest BCUT2D eigenvalue weighted by Crippen LogP contribution is 2.24. The smallest absolute Gasteiger partial charge is 0.255 e. The molecule has 6 heteroatoms. The standard InChI is InChI=1S/C16H17NO4S/c1-3-21-15-7-5-4-6-14(15)17-16(18)12-8-10-13(11-9-12)22(2,19)20/h4-11H,3H2,1-2H3,(H,17,18). The zero-order valence-electron chi connectivity index (χ0n) is 12.4. The SMILES string of the molecule is CCOc1ccccc1NC(=O)c1ccc(S(C)(=O)=O)cc1. The molecule has 116 valence electrons. The number of carbonyl (C=O) groups excluding carboxylic acids is 1. The molecule has 1 amide bonds. The molecule has 0 radical (unpaired) electrons. The van der Waals surface area contributed by atoms with Gasteiger partial charge < -0.3 is 10.1 Å². The van der Waals surface area contributed by atoms with E-state index in [4.69, 9.17) is 4.74 Å². The molecule has 0 bridgehead atoms. The van der Waals surface area contributed by atoms with Gasteiger partial charge in [-0.3, -0.25) is 4.79 Å². The third-order valence-corrected chi connectivity index (χ3v) is 4.11. The quantitative estimate of drug-likeness (QED) is 0.920. The summed E-state index contributed by atoms with van der Waals surface area (Å²) in [5, 5.41) is 2.76.